The number of anilines is 2. The molecule has 21 heavy (non-hydrogen) atoms. The Morgan fingerprint density at radius 3 is 2.90 bits per heavy atom. The molecule has 0 spiro atoms. The van der Waals surface area contributed by atoms with E-state index in [1.807, 2.05) is 24.3 Å². The average molecular weight is 282 g/mol. The van der Waals surface area contributed by atoms with Crippen LogP contribution in [0.1, 0.15) is 23.1 Å². The van der Waals surface area contributed by atoms with Crippen LogP contribution in [0.5, 0.6) is 0 Å². The predicted molar refractivity (Wildman–Crippen MR) is 87.7 cm³/mol. The summed E-state index contributed by atoms with van der Waals surface area (Å²) < 4.78 is 0. The molecule has 3 rings (SSSR count). The summed E-state index contributed by atoms with van der Waals surface area (Å²) in [6.07, 6.45) is 2.41. The summed E-state index contributed by atoms with van der Waals surface area (Å²) in [7, 11) is 2.16. The standard InChI is InChI=1S/C18H22N2O/c1-20-9-3-5-16-10-14(7-8-18(16)20)12-19-17-6-2-4-15(11-17)13-21/h2,4,6-8,10-11,19,21H,3,5,9,12-13H2,1H3. The van der Waals surface area contributed by atoms with Crippen molar-refractivity contribution in [3.05, 3.63) is 59.2 Å². The van der Waals surface area contributed by atoms with Crippen molar-refractivity contribution in [2.75, 3.05) is 23.8 Å². The minimum absolute atomic E-state index is 0.0840. The molecule has 0 bridgehead atoms. The van der Waals surface area contributed by atoms with E-state index in [0.29, 0.717) is 0 Å². The van der Waals surface area contributed by atoms with Crippen molar-refractivity contribution >= 4 is 11.4 Å². The van der Waals surface area contributed by atoms with Gasteiger partial charge in [0.05, 0.1) is 6.61 Å². The molecule has 0 amide bonds. The van der Waals surface area contributed by atoms with Gasteiger partial charge < -0.3 is 15.3 Å². The van der Waals surface area contributed by atoms with Crippen LogP contribution in [0.2, 0.25) is 0 Å². The van der Waals surface area contributed by atoms with Gasteiger partial charge >= 0.3 is 0 Å². The number of hydrogen-bond donors (Lipinski definition) is 2. The van der Waals surface area contributed by atoms with Crippen molar-refractivity contribution in [3.63, 3.8) is 0 Å². The van der Waals surface area contributed by atoms with Gasteiger partial charge in [0.25, 0.3) is 0 Å². The van der Waals surface area contributed by atoms with Crippen LogP contribution >= 0.6 is 0 Å². The first-order chi connectivity index (χ1) is 10.3. The van der Waals surface area contributed by atoms with E-state index >= 15 is 0 Å². The molecule has 0 fully saturated rings. The maximum absolute atomic E-state index is 9.17. The summed E-state index contributed by atoms with van der Waals surface area (Å²) in [5.74, 6) is 0. The van der Waals surface area contributed by atoms with Crippen LogP contribution in [-0.4, -0.2) is 18.7 Å². The van der Waals surface area contributed by atoms with Gasteiger partial charge in [0.1, 0.15) is 0 Å². The van der Waals surface area contributed by atoms with E-state index in [1.54, 1.807) is 0 Å². The Bertz CT molecular complexity index is 624. The second-order valence-corrected chi connectivity index (χ2v) is 5.70. The SMILES string of the molecule is CN1CCCc2cc(CNc3cccc(CO)c3)ccc21. The molecule has 0 aliphatic carbocycles. The van der Waals surface area contributed by atoms with Crippen LogP contribution in [0.15, 0.2) is 42.5 Å². The fourth-order valence-corrected chi connectivity index (χ4v) is 2.93. The van der Waals surface area contributed by atoms with E-state index in [2.05, 4.69) is 35.5 Å². The third kappa shape index (κ3) is 3.19. The Morgan fingerprint density at radius 1 is 1.14 bits per heavy atom. The van der Waals surface area contributed by atoms with E-state index < -0.39 is 0 Å². The topological polar surface area (TPSA) is 35.5 Å². The number of aliphatic hydroxyl groups is 1. The lowest BCUT2D eigenvalue weighted by molar-refractivity contribution is 0.282. The van der Waals surface area contributed by atoms with Gasteiger partial charge in [-0.2, -0.15) is 0 Å². The van der Waals surface area contributed by atoms with Gasteiger partial charge in [-0.25, -0.2) is 0 Å². The van der Waals surface area contributed by atoms with Gasteiger partial charge in [-0.05, 0) is 47.7 Å². The molecule has 0 saturated heterocycles. The Labute approximate surface area is 126 Å². The van der Waals surface area contributed by atoms with Gasteiger partial charge in [-0.15, -0.1) is 0 Å². The number of fused-ring (bicyclic) bond motifs is 1. The molecule has 0 saturated carbocycles. The van der Waals surface area contributed by atoms with Crippen molar-refractivity contribution in [3.8, 4) is 0 Å². The van der Waals surface area contributed by atoms with E-state index in [4.69, 9.17) is 0 Å². The molecule has 0 aromatic heterocycles. The van der Waals surface area contributed by atoms with Crippen LogP contribution < -0.4 is 10.2 Å². The maximum Gasteiger partial charge on any atom is 0.0682 e. The Kier molecular flexibility index (Phi) is 4.11. The molecule has 0 radical (unpaired) electrons. The van der Waals surface area contributed by atoms with E-state index in [0.717, 1.165) is 24.3 Å². The predicted octanol–water partition coefficient (Wildman–Crippen LogP) is 3.17. The first kappa shape index (κ1) is 14.0. The van der Waals surface area contributed by atoms with E-state index in [9.17, 15) is 5.11 Å². The Morgan fingerprint density at radius 2 is 2.05 bits per heavy atom. The van der Waals surface area contributed by atoms with Crippen molar-refractivity contribution in [2.24, 2.45) is 0 Å². The van der Waals surface area contributed by atoms with Crippen molar-refractivity contribution < 1.29 is 5.11 Å². The molecule has 1 aliphatic heterocycles. The van der Waals surface area contributed by atoms with Crippen LogP contribution in [0, 0.1) is 0 Å². The monoisotopic (exact) mass is 282 g/mol. The highest BCUT2D eigenvalue weighted by Gasteiger charge is 2.13. The highest BCUT2D eigenvalue weighted by Crippen LogP contribution is 2.27. The van der Waals surface area contributed by atoms with Gasteiger partial charge in [0.15, 0.2) is 0 Å². The fourth-order valence-electron chi connectivity index (χ4n) is 2.93. The summed E-state index contributed by atoms with van der Waals surface area (Å²) in [4.78, 5) is 2.33. The average Bonchev–Trinajstić information content (AvgIpc) is 2.53. The smallest absolute Gasteiger partial charge is 0.0682 e. The summed E-state index contributed by atoms with van der Waals surface area (Å²) in [6.45, 7) is 2.05. The molecule has 110 valence electrons. The summed E-state index contributed by atoms with van der Waals surface area (Å²) >= 11 is 0. The van der Waals surface area contributed by atoms with Crippen LogP contribution in [0.25, 0.3) is 0 Å². The third-order valence-corrected chi connectivity index (χ3v) is 4.10. The molecule has 2 aromatic rings. The van der Waals surface area contributed by atoms with Gasteiger partial charge in [0.2, 0.25) is 0 Å². The molecule has 0 unspecified atom stereocenters. The Balaban J connectivity index is 1.70. The zero-order valence-corrected chi connectivity index (χ0v) is 12.5. The zero-order valence-electron chi connectivity index (χ0n) is 12.5. The molecular formula is C18H22N2O. The molecule has 1 aliphatic rings. The highest BCUT2D eigenvalue weighted by molar-refractivity contribution is 5.56. The number of aryl methyl sites for hydroxylation is 1. The minimum Gasteiger partial charge on any atom is -0.392 e. The lowest BCUT2D eigenvalue weighted by atomic mass is 9.99. The third-order valence-electron chi connectivity index (χ3n) is 4.10. The second-order valence-electron chi connectivity index (χ2n) is 5.70. The zero-order chi connectivity index (χ0) is 14.7. The molecule has 2 aromatic carbocycles. The van der Waals surface area contributed by atoms with Crippen molar-refractivity contribution in [2.45, 2.75) is 26.0 Å². The van der Waals surface area contributed by atoms with Crippen LogP contribution in [0.4, 0.5) is 11.4 Å². The van der Waals surface area contributed by atoms with Crippen molar-refractivity contribution in [1.29, 1.82) is 0 Å². The maximum atomic E-state index is 9.17. The number of benzene rings is 2. The Hall–Kier alpha value is -2.00. The van der Waals surface area contributed by atoms with Crippen LogP contribution in [0.3, 0.4) is 0 Å². The van der Waals surface area contributed by atoms with Crippen molar-refractivity contribution in [1.82, 2.24) is 0 Å². The van der Waals surface area contributed by atoms with Gasteiger partial charge in [-0.3, -0.25) is 0 Å². The second kappa shape index (κ2) is 6.19. The number of nitrogens with one attached hydrogen (secondary N) is 1. The molecule has 0 atom stereocenters. The molecule has 1 heterocycles. The quantitative estimate of drug-likeness (QED) is 0.904. The summed E-state index contributed by atoms with van der Waals surface area (Å²) in [6, 6.07) is 14.7. The molecule has 2 N–H and O–H groups in total. The highest BCUT2D eigenvalue weighted by atomic mass is 16.3. The van der Waals surface area contributed by atoms with E-state index in [-0.39, 0.29) is 6.61 Å². The minimum atomic E-state index is 0.0840. The normalized spacial score (nSPS) is 13.9. The summed E-state index contributed by atoms with van der Waals surface area (Å²) in [5, 5.41) is 12.6. The van der Waals surface area contributed by atoms with Gasteiger partial charge in [0, 0.05) is 31.5 Å². The summed E-state index contributed by atoms with van der Waals surface area (Å²) in [5.41, 5.74) is 6.11. The molecule has 3 heteroatoms. The number of hydrogen-bond acceptors (Lipinski definition) is 3. The van der Waals surface area contributed by atoms with E-state index in [1.165, 1.54) is 29.7 Å². The molecule has 3 nitrogen and oxygen atoms in total. The number of nitrogens with zero attached hydrogens (tertiary/aromatic N) is 1. The first-order valence-corrected chi connectivity index (χ1v) is 7.53. The lowest BCUT2D eigenvalue weighted by Crippen LogP contribution is -2.24. The lowest BCUT2D eigenvalue weighted by Gasteiger charge is -2.27. The van der Waals surface area contributed by atoms with Gasteiger partial charge in [-0.1, -0.05) is 24.3 Å². The number of aliphatic hydroxyl groups excluding tert-OH is 1. The largest absolute Gasteiger partial charge is 0.392 e. The van der Waals surface area contributed by atoms with Crippen LogP contribution in [-0.2, 0) is 19.6 Å². The molecular weight excluding hydrogens is 260 g/mol. The fraction of sp³-hybridized carbons (Fsp3) is 0.333. The first-order valence-electron chi connectivity index (χ1n) is 7.53. The number of rotatable bonds is 4.